The van der Waals surface area contributed by atoms with Gasteiger partial charge in [-0.15, -0.1) is 0 Å². The SMILES string of the molecule is CCOc1ccc(CC[NH2+][C@@H]2CC(=O)N(c3ccc(Cl)cc3)C2=O)cc1OCC. The first kappa shape index (κ1) is 21.1. The second kappa shape index (κ2) is 9.76. The van der Waals surface area contributed by atoms with Crippen molar-refractivity contribution >= 4 is 29.1 Å². The number of hydrogen-bond donors (Lipinski definition) is 1. The van der Waals surface area contributed by atoms with Crippen LogP contribution in [-0.2, 0) is 16.0 Å². The fraction of sp³-hybridized carbons (Fsp3) is 0.364. The quantitative estimate of drug-likeness (QED) is 0.636. The number of amides is 2. The topological polar surface area (TPSA) is 72.5 Å². The van der Waals surface area contributed by atoms with Crippen molar-refractivity contribution in [2.24, 2.45) is 0 Å². The van der Waals surface area contributed by atoms with Crippen LogP contribution in [0, 0.1) is 0 Å². The van der Waals surface area contributed by atoms with Gasteiger partial charge in [0.15, 0.2) is 17.5 Å². The minimum Gasteiger partial charge on any atom is -0.490 e. The summed E-state index contributed by atoms with van der Waals surface area (Å²) in [5.74, 6) is 1.10. The lowest BCUT2D eigenvalue weighted by molar-refractivity contribution is -0.674. The molecule has 1 aliphatic heterocycles. The predicted molar refractivity (Wildman–Crippen MR) is 112 cm³/mol. The minimum absolute atomic E-state index is 0.181. The van der Waals surface area contributed by atoms with Crippen LogP contribution in [0.15, 0.2) is 42.5 Å². The number of ether oxygens (including phenoxy) is 2. The van der Waals surface area contributed by atoms with E-state index in [4.69, 9.17) is 21.1 Å². The smallest absolute Gasteiger partial charge is 0.292 e. The van der Waals surface area contributed by atoms with Crippen LogP contribution in [0.5, 0.6) is 11.5 Å². The highest BCUT2D eigenvalue weighted by Crippen LogP contribution is 2.28. The van der Waals surface area contributed by atoms with Gasteiger partial charge in [0.25, 0.3) is 5.91 Å². The third-order valence-corrected chi connectivity index (χ3v) is 5.01. The van der Waals surface area contributed by atoms with E-state index in [2.05, 4.69) is 0 Å². The minimum atomic E-state index is -0.396. The maximum Gasteiger partial charge on any atom is 0.292 e. The molecule has 0 saturated carbocycles. The first-order valence-electron chi connectivity index (χ1n) is 9.87. The van der Waals surface area contributed by atoms with Crippen LogP contribution >= 0.6 is 11.6 Å². The third-order valence-electron chi connectivity index (χ3n) is 4.76. The summed E-state index contributed by atoms with van der Waals surface area (Å²) in [6, 6.07) is 12.2. The zero-order valence-corrected chi connectivity index (χ0v) is 17.4. The van der Waals surface area contributed by atoms with Crippen LogP contribution in [-0.4, -0.2) is 37.6 Å². The van der Waals surface area contributed by atoms with E-state index >= 15 is 0 Å². The van der Waals surface area contributed by atoms with Gasteiger partial charge in [-0.25, -0.2) is 4.90 Å². The van der Waals surface area contributed by atoms with E-state index in [0.29, 0.717) is 30.5 Å². The average Bonchev–Trinajstić information content (AvgIpc) is 2.98. The van der Waals surface area contributed by atoms with Gasteiger partial charge in [-0.2, -0.15) is 0 Å². The van der Waals surface area contributed by atoms with E-state index in [1.807, 2.05) is 37.4 Å². The highest BCUT2D eigenvalue weighted by atomic mass is 35.5. The molecule has 0 aliphatic carbocycles. The predicted octanol–water partition coefficient (Wildman–Crippen LogP) is 2.58. The molecule has 0 unspecified atom stereocenters. The molecule has 6 nitrogen and oxygen atoms in total. The van der Waals surface area contributed by atoms with Crippen LogP contribution < -0.4 is 19.7 Å². The van der Waals surface area contributed by atoms with Crippen LogP contribution in [0.4, 0.5) is 5.69 Å². The number of rotatable bonds is 9. The molecule has 2 aromatic carbocycles. The largest absolute Gasteiger partial charge is 0.490 e. The van der Waals surface area contributed by atoms with Gasteiger partial charge in [-0.1, -0.05) is 17.7 Å². The van der Waals surface area contributed by atoms with Crippen molar-refractivity contribution < 1.29 is 24.4 Å². The summed E-state index contributed by atoms with van der Waals surface area (Å²) in [5, 5.41) is 2.50. The van der Waals surface area contributed by atoms with Crippen LogP contribution in [0.2, 0.25) is 5.02 Å². The Hall–Kier alpha value is -2.57. The summed E-state index contributed by atoms with van der Waals surface area (Å²) >= 11 is 5.89. The van der Waals surface area contributed by atoms with Gasteiger partial charge >= 0.3 is 0 Å². The van der Waals surface area contributed by atoms with Gasteiger partial charge in [0.2, 0.25) is 5.91 Å². The molecule has 1 aliphatic rings. The summed E-state index contributed by atoms with van der Waals surface area (Å²) in [5.41, 5.74) is 1.66. The Morgan fingerprint density at radius 2 is 1.72 bits per heavy atom. The molecule has 2 aromatic rings. The third kappa shape index (κ3) is 5.08. The maximum atomic E-state index is 12.7. The first-order chi connectivity index (χ1) is 14.0. The molecule has 0 bridgehead atoms. The number of imide groups is 1. The highest BCUT2D eigenvalue weighted by Gasteiger charge is 2.42. The van der Waals surface area contributed by atoms with E-state index in [9.17, 15) is 9.59 Å². The van der Waals surface area contributed by atoms with Crippen molar-refractivity contribution in [2.75, 3.05) is 24.7 Å². The fourth-order valence-electron chi connectivity index (χ4n) is 3.40. The lowest BCUT2D eigenvalue weighted by Crippen LogP contribution is -2.92. The van der Waals surface area contributed by atoms with Crippen LogP contribution in [0.25, 0.3) is 0 Å². The Kier molecular flexibility index (Phi) is 7.12. The molecular formula is C22H26ClN2O4+. The van der Waals surface area contributed by atoms with Crippen molar-refractivity contribution in [2.45, 2.75) is 32.7 Å². The number of benzene rings is 2. The number of carbonyl (C=O) groups is 2. The monoisotopic (exact) mass is 417 g/mol. The highest BCUT2D eigenvalue weighted by molar-refractivity contribution is 6.30. The Labute approximate surface area is 175 Å². The summed E-state index contributed by atoms with van der Waals surface area (Å²) in [6.07, 6.45) is 0.959. The Bertz CT molecular complexity index is 870. The van der Waals surface area contributed by atoms with E-state index in [0.717, 1.165) is 23.5 Å². The van der Waals surface area contributed by atoms with Crippen molar-refractivity contribution in [1.29, 1.82) is 0 Å². The number of halogens is 1. The molecule has 1 fully saturated rings. The van der Waals surface area contributed by atoms with Crippen LogP contribution in [0.1, 0.15) is 25.8 Å². The normalized spacial score (nSPS) is 16.4. The number of nitrogens with two attached hydrogens (primary N) is 1. The molecule has 0 radical (unpaired) electrons. The molecule has 2 N–H and O–H groups in total. The standard InChI is InChI=1S/C22H25ClN2O4/c1-3-28-19-10-5-15(13-20(19)29-4-2)11-12-24-18-14-21(26)25(22(18)27)17-8-6-16(23)7-9-17/h5-10,13,18,24H,3-4,11-12,14H2,1-2H3/p+1/t18-/m1/s1. The van der Waals surface area contributed by atoms with Gasteiger partial charge in [0.1, 0.15) is 0 Å². The van der Waals surface area contributed by atoms with Crippen molar-refractivity contribution in [1.82, 2.24) is 0 Å². The Balaban J connectivity index is 1.59. The molecule has 0 aromatic heterocycles. The van der Waals surface area contributed by atoms with E-state index < -0.39 is 6.04 Å². The molecule has 154 valence electrons. The van der Waals surface area contributed by atoms with Gasteiger partial charge < -0.3 is 14.8 Å². The molecule has 3 rings (SSSR count). The van der Waals surface area contributed by atoms with Crippen molar-refractivity contribution in [3.63, 3.8) is 0 Å². The Morgan fingerprint density at radius 1 is 1.03 bits per heavy atom. The zero-order valence-electron chi connectivity index (χ0n) is 16.7. The van der Waals surface area contributed by atoms with Gasteiger partial charge in [0, 0.05) is 11.4 Å². The number of anilines is 1. The summed E-state index contributed by atoms with van der Waals surface area (Å²) in [4.78, 5) is 26.3. The van der Waals surface area contributed by atoms with Gasteiger partial charge in [-0.3, -0.25) is 9.59 Å². The molecule has 0 spiro atoms. The summed E-state index contributed by atoms with van der Waals surface area (Å²) in [6.45, 7) is 5.71. The lowest BCUT2D eigenvalue weighted by atomic mass is 10.1. The molecule has 2 amide bonds. The summed E-state index contributed by atoms with van der Waals surface area (Å²) < 4.78 is 11.3. The second-order valence-corrected chi connectivity index (χ2v) is 7.21. The molecule has 7 heteroatoms. The van der Waals surface area contributed by atoms with E-state index in [-0.39, 0.29) is 18.2 Å². The zero-order chi connectivity index (χ0) is 20.8. The molecular weight excluding hydrogens is 392 g/mol. The molecule has 1 heterocycles. The molecule has 29 heavy (non-hydrogen) atoms. The van der Waals surface area contributed by atoms with Gasteiger partial charge in [0.05, 0.1) is 31.9 Å². The van der Waals surface area contributed by atoms with E-state index in [1.165, 1.54) is 4.90 Å². The fourth-order valence-corrected chi connectivity index (χ4v) is 3.53. The van der Waals surface area contributed by atoms with E-state index in [1.54, 1.807) is 24.3 Å². The Morgan fingerprint density at radius 3 is 2.41 bits per heavy atom. The average molecular weight is 418 g/mol. The van der Waals surface area contributed by atoms with Crippen LogP contribution in [0.3, 0.4) is 0 Å². The first-order valence-corrected chi connectivity index (χ1v) is 10.3. The van der Waals surface area contributed by atoms with Crippen molar-refractivity contribution in [3.8, 4) is 11.5 Å². The maximum absolute atomic E-state index is 12.7. The molecule has 1 atom stereocenters. The lowest BCUT2D eigenvalue weighted by Gasteiger charge is -2.14. The van der Waals surface area contributed by atoms with Gasteiger partial charge in [-0.05, 0) is 55.8 Å². The summed E-state index contributed by atoms with van der Waals surface area (Å²) in [7, 11) is 0. The number of carbonyl (C=O) groups excluding carboxylic acids is 2. The molecule has 1 saturated heterocycles. The number of hydrogen-bond acceptors (Lipinski definition) is 4. The second-order valence-electron chi connectivity index (χ2n) is 6.78. The number of quaternary nitrogens is 1. The van der Waals surface area contributed by atoms with Crippen molar-refractivity contribution in [3.05, 3.63) is 53.1 Å². The number of nitrogens with zero attached hydrogens (tertiary/aromatic N) is 1.